The van der Waals surface area contributed by atoms with Gasteiger partial charge in [0.05, 0.1) is 11.8 Å². The molecule has 0 fully saturated rings. The number of hydrogen-bond acceptors (Lipinski definition) is 2. The highest BCUT2D eigenvalue weighted by atomic mass is 19.1. The largest absolute Gasteiger partial charge is 0.466 e. The molecule has 0 spiro atoms. The number of benzene rings is 1. The maximum atomic E-state index is 13.3. The number of aliphatic hydroxyl groups excluding tert-OH is 1. The van der Waals surface area contributed by atoms with Gasteiger partial charge in [-0.3, -0.25) is 0 Å². The first-order valence-corrected chi connectivity index (χ1v) is 4.35. The Labute approximate surface area is 84.8 Å². The highest BCUT2D eigenvalue weighted by Gasteiger charge is 2.21. The fraction of sp³-hybridized carbons (Fsp3) is 0.0909. The van der Waals surface area contributed by atoms with E-state index in [0.29, 0.717) is 0 Å². The molecule has 0 saturated carbocycles. The van der Waals surface area contributed by atoms with E-state index < -0.39 is 23.3 Å². The van der Waals surface area contributed by atoms with Crippen LogP contribution < -0.4 is 0 Å². The van der Waals surface area contributed by atoms with Crippen molar-refractivity contribution in [1.29, 1.82) is 0 Å². The molecule has 4 heteroatoms. The number of halogens is 2. The molecule has 0 bridgehead atoms. The third-order valence-corrected chi connectivity index (χ3v) is 2.09. The van der Waals surface area contributed by atoms with Crippen LogP contribution in [0.3, 0.4) is 0 Å². The molecule has 0 saturated heterocycles. The van der Waals surface area contributed by atoms with Crippen LogP contribution >= 0.6 is 0 Å². The lowest BCUT2D eigenvalue weighted by Crippen LogP contribution is -2.04. The zero-order valence-corrected chi connectivity index (χ0v) is 7.65. The van der Waals surface area contributed by atoms with E-state index in [4.69, 9.17) is 4.42 Å². The summed E-state index contributed by atoms with van der Waals surface area (Å²) in [4.78, 5) is 0. The molecule has 0 aliphatic rings. The molecule has 15 heavy (non-hydrogen) atoms. The Hall–Kier alpha value is -1.68. The van der Waals surface area contributed by atoms with Crippen molar-refractivity contribution < 1.29 is 18.3 Å². The van der Waals surface area contributed by atoms with Crippen molar-refractivity contribution in [2.45, 2.75) is 6.10 Å². The molecule has 1 unspecified atom stereocenters. The van der Waals surface area contributed by atoms with Crippen molar-refractivity contribution in [3.8, 4) is 0 Å². The minimum absolute atomic E-state index is 0.110. The van der Waals surface area contributed by atoms with Crippen LogP contribution in [0.4, 0.5) is 8.78 Å². The molecule has 0 aliphatic carbocycles. The van der Waals surface area contributed by atoms with Crippen molar-refractivity contribution in [2.75, 3.05) is 0 Å². The smallest absolute Gasteiger partial charge is 0.142 e. The zero-order chi connectivity index (χ0) is 10.8. The maximum Gasteiger partial charge on any atom is 0.142 e. The van der Waals surface area contributed by atoms with Gasteiger partial charge in [-0.25, -0.2) is 8.78 Å². The van der Waals surface area contributed by atoms with Crippen LogP contribution in [0.5, 0.6) is 0 Å². The van der Waals surface area contributed by atoms with Gasteiger partial charge in [0.2, 0.25) is 0 Å². The minimum atomic E-state index is -1.42. The third-order valence-electron chi connectivity index (χ3n) is 2.09. The summed E-state index contributed by atoms with van der Waals surface area (Å²) in [6, 6.07) is 6.41. The van der Waals surface area contributed by atoms with Crippen LogP contribution in [0.25, 0.3) is 0 Å². The number of furan rings is 1. The molecule has 1 atom stereocenters. The molecule has 1 aromatic heterocycles. The second-order valence-corrected chi connectivity index (χ2v) is 3.05. The summed E-state index contributed by atoms with van der Waals surface area (Å²) >= 11 is 0. The minimum Gasteiger partial charge on any atom is -0.466 e. The van der Waals surface area contributed by atoms with E-state index in [1.54, 1.807) is 0 Å². The van der Waals surface area contributed by atoms with Gasteiger partial charge in [0, 0.05) is 0 Å². The van der Waals surface area contributed by atoms with Gasteiger partial charge >= 0.3 is 0 Å². The standard InChI is InChI=1S/C11H8F2O2/c12-7-3-1-4-8(13)10(7)11(14)9-5-2-6-15-9/h1-6,11,14H. The molecule has 78 valence electrons. The highest BCUT2D eigenvalue weighted by molar-refractivity contribution is 5.27. The molecule has 0 radical (unpaired) electrons. The van der Waals surface area contributed by atoms with Gasteiger partial charge < -0.3 is 9.52 Å². The quantitative estimate of drug-likeness (QED) is 0.826. The maximum absolute atomic E-state index is 13.3. The average Bonchev–Trinajstić information content (AvgIpc) is 2.69. The average molecular weight is 210 g/mol. The van der Waals surface area contributed by atoms with E-state index in [9.17, 15) is 13.9 Å². The van der Waals surface area contributed by atoms with Crippen molar-refractivity contribution in [3.05, 3.63) is 59.6 Å². The van der Waals surface area contributed by atoms with Crippen molar-refractivity contribution in [1.82, 2.24) is 0 Å². The van der Waals surface area contributed by atoms with Gasteiger partial charge in [-0.1, -0.05) is 6.07 Å². The van der Waals surface area contributed by atoms with Gasteiger partial charge in [-0.15, -0.1) is 0 Å². The summed E-state index contributed by atoms with van der Waals surface area (Å²) < 4.78 is 31.4. The normalized spacial score (nSPS) is 12.7. The summed E-state index contributed by atoms with van der Waals surface area (Å²) in [5, 5.41) is 9.67. The van der Waals surface area contributed by atoms with Gasteiger partial charge in [-0.2, -0.15) is 0 Å². The molecule has 0 aliphatic heterocycles. The van der Waals surface area contributed by atoms with E-state index in [2.05, 4.69) is 0 Å². The second kappa shape index (κ2) is 3.82. The summed E-state index contributed by atoms with van der Waals surface area (Å²) in [5.41, 5.74) is -0.396. The lowest BCUT2D eigenvalue weighted by Gasteiger charge is -2.09. The third kappa shape index (κ3) is 1.76. The van der Waals surface area contributed by atoms with E-state index in [1.807, 2.05) is 0 Å². The molecule has 2 nitrogen and oxygen atoms in total. The molecule has 0 amide bonds. The summed E-state index contributed by atoms with van der Waals surface area (Å²) in [6.07, 6.45) is -0.0849. The van der Waals surface area contributed by atoms with Crippen LogP contribution in [0.2, 0.25) is 0 Å². The number of aliphatic hydroxyl groups is 1. The fourth-order valence-corrected chi connectivity index (χ4v) is 1.36. The first-order chi connectivity index (χ1) is 7.20. The van der Waals surface area contributed by atoms with Gasteiger partial charge in [0.15, 0.2) is 0 Å². The van der Waals surface area contributed by atoms with Crippen molar-refractivity contribution >= 4 is 0 Å². The SMILES string of the molecule is OC(c1ccco1)c1c(F)cccc1F. The molecule has 1 heterocycles. The van der Waals surface area contributed by atoms with Gasteiger partial charge in [-0.05, 0) is 24.3 Å². The Morgan fingerprint density at radius 1 is 1.07 bits per heavy atom. The van der Waals surface area contributed by atoms with E-state index >= 15 is 0 Å². The molecule has 1 aromatic carbocycles. The summed E-state index contributed by atoms with van der Waals surface area (Å²) in [7, 11) is 0. The lowest BCUT2D eigenvalue weighted by atomic mass is 10.1. The number of rotatable bonds is 2. The van der Waals surface area contributed by atoms with E-state index in [1.165, 1.54) is 24.5 Å². The topological polar surface area (TPSA) is 33.4 Å². The van der Waals surface area contributed by atoms with Crippen molar-refractivity contribution in [2.24, 2.45) is 0 Å². The Morgan fingerprint density at radius 2 is 1.73 bits per heavy atom. The monoisotopic (exact) mass is 210 g/mol. The predicted octanol–water partition coefficient (Wildman–Crippen LogP) is 2.64. The van der Waals surface area contributed by atoms with Crippen LogP contribution in [0, 0.1) is 11.6 Å². The van der Waals surface area contributed by atoms with E-state index in [0.717, 1.165) is 12.1 Å². The highest BCUT2D eigenvalue weighted by Crippen LogP contribution is 2.26. The first-order valence-electron chi connectivity index (χ1n) is 4.35. The van der Waals surface area contributed by atoms with Crippen LogP contribution in [0.1, 0.15) is 17.4 Å². The van der Waals surface area contributed by atoms with Crippen LogP contribution in [0.15, 0.2) is 41.0 Å². The van der Waals surface area contributed by atoms with E-state index in [-0.39, 0.29) is 5.76 Å². The Kier molecular flexibility index (Phi) is 2.51. The molecule has 2 aromatic rings. The molecule has 2 rings (SSSR count). The predicted molar refractivity (Wildman–Crippen MR) is 49.1 cm³/mol. The Morgan fingerprint density at radius 3 is 2.27 bits per heavy atom. The van der Waals surface area contributed by atoms with Gasteiger partial charge in [0.1, 0.15) is 23.5 Å². The molecular formula is C11H8F2O2. The zero-order valence-electron chi connectivity index (χ0n) is 7.65. The lowest BCUT2D eigenvalue weighted by molar-refractivity contribution is 0.179. The molecular weight excluding hydrogens is 202 g/mol. The Balaban J connectivity index is 2.46. The summed E-state index contributed by atoms with van der Waals surface area (Å²) in [5.74, 6) is -1.48. The second-order valence-electron chi connectivity index (χ2n) is 3.05. The Bertz CT molecular complexity index is 431. The van der Waals surface area contributed by atoms with Crippen LogP contribution in [-0.2, 0) is 0 Å². The van der Waals surface area contributed by atoms with Gasteiger partial charge in [0.25, 0.3) is 0 Å². The molecule has 1 N–H and O–H groups in total. The summed E-state index contributed by atoms with van der Waals surface area (Å²) in [6.45, 7) is 0. The van der Waals surface area contributed by atoms with Crippen LogP contribution in [-0.4, -0.2) is 5.11 Å². The first kappa shape index (κ1) is 9.86. The number of hydrogen-bond donors (Lipinski definition) is 1. The van der Waals surface area contributed by atoms with Crippen molar-refractivity contribution in [3.63, 3.8) is 0 Å². The fourth-order valence-electron chi connectivity index (χ4n) is 1.36.